The number of hydrogen-bond donors (Lipinski definition) is 1. The van der Waals surface area contributed by atoms with E-state index in [2.05, 4.69) is 10.3 Å². The highest BCUT2D eigenvalue weighted by Gasteiger charge is 2.31. The number of Topliss-reactive ketones (excluding diaryl/α,β-unsaturated/α-hetero) is 1. The molecular weight excluding hydrogens is 305 g/mol. The van der Waals surface area contributed by atoms with Gasteiger partial charge in [0.05, 0.1) is 10.6 Å². The number of nitrogens with one attached hydrogen (secondary N) is 1. The first-order valence-electron chi connectivity index (χ1n) is 5.88. The zero-order valence-electron chi connectivity index (χ0n) is 10.8. The topological polar surface area (TPSA) is 42.0 Å². The normalized spacial score (nSPS) is 11.3. The number of benzene rings is 1. The Morgan fingerprint density at radius 3 is 2.57 bits per heavy atom. The minimum Gasteiger partial charge on any atom is -0.339 e. The molecule has 1 N–H and O–H groups in total. The first kappa shape index (κ1) is 15.3. The number of carbonyl (C=O) groups excluding carboxylic acids is 1. The third kappa shape index (κ3) is 3.72. The summed E-state index contributed by atoms with van der Waals surface area (Å²) in [5.74, 6) is -0.0319. The van der Waals surface area contributed by atoms with E-state index in [-0.39, 0.29) is 16.6 Å². The van der Waals surface area contributed by atoms with Gasteiger partial charge in [0, 0.05) is 17.4 Å². The minimum atomic E-state index is -4.50. The van der Waals surface area contributed by atoms with Crippen molar-refractivity contribution in [1.82, 2.24) is 4.98 Å². The molecule has 1 aromatic heterocycles. The number of rotatable bonds is 3. The fourth-order valence-electron chi connectivity index (χ4n) is 1.64. The molecule has 0 saturated carbocycles. The Morgan fingerprint density at radius 1 is 1.29 bits per heavy atom. The van der Waals surface area contributed by atoms with Gasteiger partial charge in [-0.1, -0.05) is 23.7 Å². The van der Waals surface area contributed by atoms with Gasteiger partial charge in [-0.15, -0.1) is 0 Å². The van der Waals surface area contributed by atoms with Gasteiger partial charge in [0.15, 0.2) is 5.78 Å². The van der Waals surface area contributed by atoms with E-state index in [4.69, 9.17) is 11.6 Å². The molecule has 0 aliphatic rings. The van der Waals surface area contributed by atoms with E-state index in [0.717, 1.165) is 6.07 Å². The van der Waals surface area contributed by atoms with Crippen molar-refractivity contribution in [2.24, 2.45) is 0 Å². The van der Waals surface area contributed by atoms with Crippen LogP contribution in [-0.4, -0.2) is 10.8 Å². The van der Waals surface area contributed by atoms with Gasteiger partial charge >= 0.3 is 6.18 Å². The van der Waals surface area contributed by atoms with Gasteiger partial charge in [0.2, 0.25) is 0 Å². The molecule has 1 heterocycles. The van der Waals surface area contributed by atoms with E-state index in [1.165, 1.54) is 6.92 Å². The van der Waals surface area contributed by atoms with Crippen molar-refractivity contribution in [3.8, 4) is 0 Å². The van der Waals surface area contributed by atoms with Crippen LogP contribution in [0.15, 0.2) is 36.5 Å². The molecule has 7 heteroatoms. The number of pyridine rings is 1. The third-order valence-electron chi connectivity index (χ3n) is 2.70. The van der Waals surface area contributed by atoms with Crippen molar-refractivity contribution in [3.63, 3.8) is 0 Å². The molecule has 0 atom stereocenters. The summed E-state index contributed by atoms with van der Waals surface area (Å²) < 4.78 is 37.5. The molecule has 1 aromatic carbocycles. The molecule has 2 aromatic rings. The van der Waals surface area contributed by atoms with Gasteiger partial charge in [-0.3, -0.25) is 4.79 Å². The van der Waals surface area contributed by atoms with Crippen LogP contribution in [0.4, 0.5) is 24.7 Å². The lowest BCUT2D eigenvalue weighted by Gasteiger charge is -2.11. The predicted octanol–water partition coefficient (Wildman–Crippen LogP) is 4.70. The van der Waals surface area contributed by atoms with Gasteiger partial charge in [0.1, 0.15) is 5.82 Å². The summed E-state index contributed by atoms with van der Waals surface area (Å²) >= 11 is 5.80. The Balaban J connectivity index is 2.28. The van der Waals surface area contributed by atoms with Crippen LogP contribution in [0.25, 0.3) is 0 Å². The molecule has 2 rings (SSSR count). The summed E-state index contributed by atoms with van der Waals surface area (Å²) in [5, 5.41) is 2.63. The van der Waals surface area contributed by atoms with Crippen molar-refractivity contribution in [1.29, 1.82) is 0 Å². The molecule has 0 saturated heterocycles. The predicted molar refractivity (Wildman–Crippen MR) is 74.0 cm³/mol. The van der Waals surface area contributed by atoms with Crippen LogP contribution in [0.3, 0.4) is 0 Å². The first-order chi connectivity index (χ1) is 9.77. The smallest absolute Gasteiger partial charge is 0.339 e. The van der Waals surface area contributed by atoms with Gasteiger partial charge < -0.3 is 5.32 Å². The number of halogens is 4. The number of aromatic nitrogens is 1. The highest BCUT2D eigenvalue weighted by Crippen LogP contribution is 2.33. The summed E-state index contributed by atoms with van der Waals surface area (Å²) in [4.78, 5) is 14.9. The van der Waals surface area contributed by atoms with Crippen molar-refractivity contribution in [2.45, 2.75) is 13.1 Å². The summed E-state index contributed by atoms with van der Waals surface area (Å²) in [5.41, 5.74) is 0.0652. The average Bonchev–Trinajstić information content (AvgIpc) is 2.40. The number of alkyl halides is 3. The Hall–Kier alpha value is -2.08. The van der Waals surface area contributed by atoms with Gasteiger partial charge in [0.25, 0.3) is 0 Å². The van der Waals surface area contributed by atoms with Crippen molar-refractivity contribution in [2.75, 3.05) is 5.32 Å². The summed E-state index contributed by atoms with van der Waals surface area (Å²) in [6, 6.07) is 7.30. The van der Waals surface area contributed by atoms with Crippen LogP contribution in [0.2, 0.25) is 5.02 Å². The fourth-order valence-corrected chi connectivity index (χ4v) is 1.85. The Labute approximate surface area is 123 Å². The molecule has 0 spiro atoms. The molecule has 0 unspecified atom stereocenters. The van der Waals surface area contributed by atoms with E-state index in [0.29, 0.717) is 17.4 Å². The maximum atomic E-state index is 12.5. The Morgan fingerprint density at radius 2 is 2.00 bits per heavy atom. The molecule has 110 valence electrons. The van der Waals surface area contributed by atoms with E-state index >= 15 is 0 Å². The maximum absolute atomic E-state index is 12.5. The van der Waals surface area contributed by atoms with Crippen LogP contribution in [0.5, 0.6) is 0 Å². The molecular formula is C14H10ClF3N2O. The van der Waals surface area contributed by atoms with E-state index < -0.39 is 11.7 Å². The maximum Gasteiger partial charge on any atom is 0.417 e. The SMILES string of the molecule is CC(=O)c1cccc(Nc2ncc(C(F)(F)F)cc2Cl)c1. The Kier molecular flexibility index (Phi) is 4.18. The second-order valence-corrected chi connectivity index (χ2v) is 4.72. The van der Waals surface area contributed by atoms with Crippen molar-refractivity contribution >= 4 is 28.9 Å². The zero-order chi connectivity index (χ0) is 15.6. The van der Waals surface area contributed by atoms with E-state index in [1.807, 2.05) is 0 Å². The quantitative estimate of drug-likeness (QED) is 0.835. The largest absolute Gasteiger partial charge is 0.417 e. The molecule has 21 heavy (non-hydrogen) atoms. The van der Waals surface area contributed by atoms with Crippen LogP contribution in [0.1, 0.15) is 22.8 Å². The number of ketones is 1. The molecule has 0 amide bonds. The molecule has 3 nitrogen and oxygen atoms in total. The summed E-state index contributed by atoms with van der Waals surface area (Å²) in [6.45, 7) is 1.42. The summed E-state index contributed by atoms with van der Waals surface area (Å²) in [6.07, 6.45) is -3.80. The lowest BCUT2D eigenvalue weighted by atomic mass is 10.1. The van der Waals surface area contributed by atoms with E-state index in [1.54, 1.807) is 24.3 Å². The third-order valence-corrected chi connectivity index (χ3v) is 2.99. The van der Waals surface area contributed by atoms with Crippen LogP contribution in [-0.2, 0) is 6.18 Å². The lowest BCUT2D eigenvalue weighted by Crippen LogP contribution is -2.06. The summed E-state index contributed by atoms with van der Waals surface area (Å²) in [7, 11) is 0. The van der Waals surface area contributed by atoms with Gasteiger partial charge in [-0.2, -0.15) is 13.2 Å². The van der Waals surface area contributed by atoms with Crippen LogP contribution < -0.4 is 5.32 Å². The number of nitrogens with zero attached hydrogens (tertiary/aromatic N) is 1. The van der Waals surface area contributed by atoms with Crippen molar-refractivity contribution < 1.29 is 18.0 Å². The monoisotopic (exact) mass is 314 g/mol. The molecule has 0 fully saturated rings. The van der Waals surface area contributed by atoms with E-state index in [9.17, 15) is 18.0 Å². The second-order valence-electron chi connectivity index (χ2n) is 4.31. The second kappa shape index (κ2) is 5.73. The average molecular weight is 315 g/mol. The molecule has 0 radical (unpaired) electrons. The number of hydrogen-bond acceptors (Lipinski definition) is 3. The fraction of sp³-hybridized carbons (Fsp3) is 0.143. The van der Waals surface area contributed by atoms with Crippen LogP contribution >= 0.6 is 11.6 Å². The zero-order valence-corrected chi connectivity index (χ0v) is 11.6. The molecule has 0 bridgehead atoms. The molecule has 0 aliphatic carbocycles. The highest BCUT2D eigenvalue weighted by atomic mass is 35.5. The minimum absolute atomic E-state index is 0.0883. The van der Waals surface area contributed by atoms with Gasteiger partial charge in [-0.25, -0.2) is 4.98 Å². The van der Waals surface area contributed by atoms with Crippen LogP contribution in [0, 0.1) is 0 Å². The lowest BCUT2D eigenvalue weighted by molar-refractivity contribution is -0.137. The van der Waals surface area contributed by atoms with Crippen molar-refractivity contribution in [3.05, 3.63) is 52.7 Å². The van der Waals surface area contributed by atoms with Gasteiger partial charge in [-0.05, 0) is 25.1 Å². The first-order valence-corrected chi connectivity index (χ1v) is 6.26. The number of anilines is 2. The standard InChI is InChI=1S/C14H10ClF3N2O/c1-8(21)9-3-2-4-11(5-9)20-13-12(15)6-10(7-19-13)14(16,17)18/h2-7H,1H3,(H,19,20). The Bertz CT molecular complexity index is 686. The molecule has 0 aliphatic heterocycles. The number of carbonyl (C=O) groups is 1. The highest BCUT2D eigenvalue weighted by molar-refractivity contribution is 6.33.